The lowest BCUT2D eigenvalue weighted by Gasteiger charge is -2.24. The summed E-state index contributed by atoms with van der Waals surface area (Å²) in [4.78, 5) is 37.4. The second-order valence-corrected chi connectivity index (χ2v) is 6.08. The molecule has 0 bridgehead atoms. The van der Waals surface area contributed by atoms with Crippen molar-refractivity contribution < 1.29 is 14.4 Å². The molecule has 0 aliphatic heterocycles. The first kappa shape index (κ1) is 19.9. The van der Waals surface area contributed by atoms with Crippen LogP contribution in [0.15, 0.2) is 66.4 Å². The highest BCUT2D eigenvalue weighted by atomic mass is 16.2. The maximum absolute atomic E-state index is 13.1. The first-order chi connectivity index (χ1) is 13.0. The van der Waals surface area contributed by atoms with Gasteiger partial charge in [-0.1, -0.05) is 60.7 Å². The zero-order valence-electron chi connectivity index (χ0n) is 15.2. The minimum atomic E-state index is -0.492. The summed E-state index contributed by atoms with van der Waals surface area (Å²) in [7, 11) is 0. The molecule has 6 heteroatoms. The van der Waals surface area contributed by atoms with Gasteiger partial charge < -0.3 is 16.0 Å². The van der Waals surface area contributed by atoms with Crippen LogP contribution in [0.5, 0.6) is 0 Å². The van der Waals surface area contributed by atoms with Gasteiger partial charge in [0.2, 0.25) is 11.8 Å². The third-order valence-electron chi connectivity index (χ3n) is 3.78. The fourth-order valence-electron chi connectivity index (χ4n) is 2.53. The average molecular weight is 365 g/mol. The summed E-state index contributed by atoms with van der Waals surface area (Å²) in [5.41, 5.74) is 7.10. The van der Waals surface area contributed by atoms with Gasteiger partial charge in [-0.3, -0.25) is 14.4 Å². The monoisotopic (exact) mass is 365 g/mol. The van der Waals surface area contributed by atoms with E-state index in [0.29, 0.717) is 6.54 Å². The predicted molar refractivity (Wildman–Crippen MR) is 104 cm³/mol. The van der Waals surface area contributed by atoms with E-state index in [1.54, 1.807) is 6.08 Å². The molecule has 6 nitrogen and oxygen atoms in total. The fourth-order valence-corrected chi connectivity index (χ4v) is 2.53. The Kier molecular flexibility index (Phi) is 7.31. The third kappa shape index (κ3) is 6.78. The van der Waals surface area contributed by atoms with Crippen molar-refractivity contribution in [3.63, 3.8) is 0 Å². The maximum Gasteiger partial charge on any atom is 0.270 e. The number of nitrogens with two attached hydrogens (primary N) is 1. The number of rotatable bonds is 8. The number of carbonyl (C=O) groups excluding carboxylic acids is 3. The zero-order chi connectivity index (χ0) is 19.6. The van der Waals surface area contributed by atoms with Crippen molar-refractivity contribution in [2.24, 2.45) is 5.73 Å². The Hall–Kier alpha value is -3.41. The van der Waals surface area contributed by atoms with Crippen LogP contribution in [0.4, 0.5) is 0 Å². The smallest absolute Gasteiger partial charge is 0.270 e. The molecule has 3 amide bonds. The van der Waals surface area contributed by atoms with E-state index in [2.05, 4.69) is 5.32 Å². The molecule has 0 saturated heterocycles. The lowest BCUT2D eigenvalue weighted by Crippen LogP contribution is -2.39. The molecule has 0 aliphatic carbocycles. The van der Waals surface area contributed by atoms with Crippen LogP contribution in [0.3, 0.4) is 0 Å². The topological polar surface area (TPSA) is 92.5 Å². The van der Waals surface area contributed by atoms with E-state index in [0.717, 1.165) is 11.1 Å². The maximum atomic E-state index is 13.1. The summed E-state index contributed by atoms with van der Waals surface area (Å²) < 4.78 is 0. The van der Waals surface area contributed by atoms with Crippen molar-refractivity contribution in [1.29, 1.82) is 0 Å². The second kappa shape index (κ2) is 9.91. The average Bonchev–Trinajstić information content (AvgIpc) is 2.65. The van der Waals surface area contributed by atoms with E-state index in [1.165, 1.54) is 11.8 Å². The predicted octanol–water partition coefficient (Wildman–Crippen LogP) is 2.07. The van der Waals surface area contributed by atoms with Gasteiger partial charge >= 0.3 is 0 Å². The Balaban J connectivity index is 2.30. The van der Waals surface area contributed by atoms with E-state index >= 15 is 0 Å². The summed E-state index contributed by atoms with van der Waals surface area (Å²) in [5, 5.41) is 2.60. The lowest BCUT2D eigenvalue weighted by atomic mass is 10.1. The molecule has 0 fully saturated rings. The van der Waals surface area contributed by atoms with Gasteiger partial charge in [-0.15, -0.1) is 0 Å². The van der Waals surface area contributed by atoms with E-state index < -0.39 is 5.91 Å². The quantitative estimate of drug-likeness (QED) is 0.702. The molecule has 0 aromatic heterocycles. The van der Waals surface area contributed by atoms with Gasteiger partial charge in [0.25, 0.3) is 5.91 Å². The largest absolute Gasteiger partial charge is 0.370 e. The molecule has 0 saturated carbocycles. The fraction of sp³-hybridized carbons (Fsp3) is 0.190. The number of carbonyl (C=O) groups is 3. The second-order valence-electron chi connectivity index (χ2n) is 6.08. The van der Waals surface area contributed by atoms with E-state index in [4.69, 9.17) is 5.73 Å². The van der Waals surface area contributed by atoms with Crippen LogP contribution in [0.25, 0.3) is 6.08 Å². The highest BCUT2D eigenvalue weighted by Gasteiger charge is 2.20. The van der Waals surface area contributed by atoms with Gasteiger partial charge in [0.1, 0.15) is 5.70 Å². The zero-order valence-corrected chi connectivity index (χ0v) is 15.2. The normalized spacial score (nSPS) is 10.9. The summed E-state index contributed by atoms with van der Waals surface area (Å²) in [5.74, 6) is -1.21. The van der Waals surface area contributed by atoms with Crippen molar-refractivity contribution >= 4 is 23.8 Å². The molecular formula is C21H23N3O3. The van der Waals surface area contributed by atoms with Crippen LogP contribution in [-0.2, 0) is 20.9 Å². The Labute approximate surface area is 158 Å². The first-order valence-corrected chi connectivity index (χ1v) is 8.61. The standard InChI is InChI=1S/C21H23N3O3/c1-16(25)23-19(14-17-8-4-2-5-9-17)21(27)24(13-12-20(22)26)15-18-10-6-3-7-11-18/h2-11,14H,12-13,15H2,1H3,(H2,22,26)(H,23,25)/b19-14-. The van der Waals surface area contributed by atoms with Crippen LogP contribution in [0, 0.1) is 0 Å². The Morgan fingerprint density at radius 2 is 1.59 bits per heavy atom. The molecule has 0 unspecified atom stereocenters. The van der Waals surface area contributed by atoms with Gasteiger partial charge in [0.15, 0.2) is 0 Å². The number of nitrogens with one attached hydrogen (secondary N) is 1. The number of benzene rings is 2. The lowest BCUT2D eigenvalue weighted by molar-refractivity contribution is -0.130. The van der Waals surface area contributed by atoms with E-state index in [9.17, 15) is 14.4 Å². The molecule has 140 valence electrons. The Morgan fingerprint density at radius 3 is 2.15 bits per heavy atom. The van der Waals surface area contributed by atoms with Crippen molar-refractivity contribution in [3.8, 4) is 0 Å². The van der Waals surface area contributed by atoms with Crippen LogP contribution in [-0.4, -0.2) is 29.2 Å². The van der Waals surface area contributed by atoms with Crippen LogP contribution >= 0.6 is 0 Å². The van der Waals surface area contributed by atoms with E-state index in [1.807, 2.05) is 60.7 Å². The molecule has 0 aliphatic rings. The molecule has 2 aromatic rings. The minimum absolute atomic E-state index is 0.0390. The molecule has 0 radical (unpaired) electrons. The van der Waals surface area contributed by atoms with Gasteiger partial charge in [-0.25, -0.2) is 0 Å². The van der Waals surface area contributed by atoms with Gasteiger partial charge in [-0.05, 0) is 17.2 Å². The highest BCUT2D eigenvalue weighted by molar-refractivity contribution is 6.01. The molecule has 27 heavy (non-hydrogen) atoms. The number of primary amides is 1. The van der Waals surface area contributed by atoms with Crippen LogP contribution in [0.2, 0.25) is 0 Å². The number of amides is 3. The van der Waals surface area contributed by atoms with Gasteiger partial charge in [0.05, 0.1) is 0 Å². The highest BCUT2D eigenvalue weighted by Crippen LogP contribution is 2.12. The van der Waals surface area contributed by atoms with Crippen molar-refractivity contribution in [2.45, 2.75) is 19.9 Å². The summed E-state index contributed by atoms with van der Waals surface area (Å²) in [6.45, 7) is 1.81. The van der Waals surface area contributed by atoms with Crippen molar-refractivity contribution in [1.82, 2.24) is 10.2 Å². The van der Waals surface area contributed by atoms with Crippen molar-refractivity contribution in [3.05, 3.63) is 77.5 Å². The number of nitrogens with zero attached hydrogens (tertiary/aromatic N) is 1. The van der Waals surface area contributed by atoms with Crippen LogP contribution in [0.1, 0.15) is 24.5 Å². The van der Waals surface area contributed by atoms with Gasteiger partial charge in [-0.2, -0.15) is 0 Å². The Bertz CT molecular complexity index is 817. The van der Waals surface area contributed by atoms with E-state index in [-0.39, 0.29) is 30.5 Å². The minimum Gasteiger partial charge on any atom is -0.370 e. The molecule has 2 aromatic carbocycles. The Morgan fingerprint density at radius 1 is 1.00 bits per heavy atom. The third-order valence-corrected chi connectivity index (χ3v) is 3.78. The number of hydrogen-bond acceptors (Lipinski definition) is 3. The molecule has 0 heterocycles. The molecule has 3 N–H and O–H groups in total. The molecule has 0 spiro atoms. The number of hydrogen-bond donors (Lipinski definition) is 2. The molecule has 2 rings (SSSR count). The van der Waals surface area contributed by atoms with Gasteiger partial charge in [0, 0.05) is 26.4 Å². The summed E-state index contributed by atoms with van der Waals surface area (Å²) in [6.07, 6.45) is 1.66. The molecule has 0 atom stereocenters. The molecular weight excluding hydrogens is 342 g/mol. The summed E-state index contributed by atoms with van der Waals surface area (Å²) in [6, 6.07) is 18.6. The van der Waals surface area contributed by atoms with Crippen molar-refractivity contribution in [2.75, 3.05) is 6.54 Å². The first-order valence-electron chi connectivity index (χ1n) is 8.61. The summed E-state index contributed by atoms with van der Waals surface area (Å²) >= 11 is 0. The SMILES string of the molecule is CC(=O)N/C(=C\c1ccccc1)C(=O)N(CCC(N)=O)Cc1ccccc1. The van der Waals surface area contributed by atoms with Crippen LogP contribution < -0.4 is 11.1 Å².